The van der Waals surface area contributed by atoms with E-state index in [0.29, 0.717) is 11.3 Å². The lowest BCUT2D eigenvalue weighted by atomic mass is 10.0. The molecule has 0 bridgehead atoms. The summed E-state index contributed by atoms with van der Waals surface area (Å²) < 4.78 is 28.2. The van der Waals surface area contributed by atoms with E-state index in [9.17, 15) is 18.4 Å². The van der Waals surface area contributed by atoms with Gasteiger partial charge in [-0.1, -0.05) is 23.4 Å². The maximum Gasteiger partial charge on any atom is 0.341 e. The lowest BCUT2D eigenvalue weighted by Gasteiger charge is -2.09. The Morgan fingerprint density at radius 3 is 2.46 bits per heavy atom. The summed E-state index contributed by atoms with van der Waals surface area (Å²) >= 11 is 0. The highest BCUT2D eigenvalue weighted by Gasteiger charge is 2.19. The van der Waals surface area contributed by atoms with Crippen molar-refractivity contribution in [1.82, 2.24) is 9.78 Å². The van der Waals surface area contributed by atoms with Crippen LogP contribution in [0.25, 0.3) is 11.3 Å². The van der Waals surface area contributed by atoms with Gasteiger partial charge >= 0.3 is 5.97 Å². The molecule has 0 N–H and O–H groups in total. The van der Waals surface area contributed by atoms with Crippen LogP contribution in [0.1, 0.15) is 17.5 Å². The molecule has 140 valence electrons. The Balaban J connectivity index is 1.65. The van der Waals surface area contributed by atoms with Crippen LogP contribution < -0.4 is 5.56 Å². The third-order valence-electron chi connectivity index (χ3n) is 4.19. The van der Waals surface area contributed by atoms with E-state index in [1.165, 1.54) is 16.8 Å². The van der Waals surface area contributed by atoms with Crippen molar-refractivity contribution in [2.24, 2.45) is 5.16 Å². The molecule has 6 nitrogen and oxygen atoms in total. The molecule has 2 aromatic carbocycles. The molecule has 0 atom stereocenters. The van der Waals surface area contributed by atoms with E-state index in [-0.39, 0.29) is 29.8 Å². The summed E-state index contributed by atoms with van der Waals surface area (Å²) in [6.07, 6.45) is 0.0856. The number of halogens is 2. The van der Waals surface area contributed by atoms with Gasteiger partial charge in [-0.2, -0.15) is 5.10 Å². The molecule has 0 saturated carbocycles. The van der Waals surface area contributed by atoms with Gasteiger partial charge in [-0.15, -0.1) is 0 Å². The fourth-order valence-corrected chi connectivity index (χ4v) is 2.90. The Bertz CT molecular complexity index is 1150. The average molecular weight is 381 g/mol. The number of hydrogen-bond acceptors (Lipinski definition) is 5. The summed E-state index contributed by atoms with van der Waals surface area (Å²) in [5.41, 5.74) is 2.11. The number of carbonyl (C=O) groups excluding carboxylic acids is 1. The minimum absolute atomic E-state index is 0.0856. The Morgan fingerprint density at radius 2 is 1.75 bits per heavy atom. The highest BCUT2D eigenvalue weighted by atomic mass is 19.1. The Kier molecular flexibility index (Phi) is 4.52. The van der Waals surface area contributed by atoms with Gasteiger partial charge in [0.25, 0.3) is 5.56 Å². The number of rotatable bonds is 4. The Hall–Kier alpha value is -3.68. The zero-order chi connectivity index (χ0) is 19.7. The van der Waals surface area contributed by atoms with Gasteiger partial charge in [0.1, 0.15) is 11.6 Å². The molecule has 28 heavy (non-hydrogen) atoms. The Morgan fingerprint density at radius 1 is 0.964 bits per heavy atom. The molecule has 1 aromatic heterocycles. The second-order valence-corrected chi connectivity index (χ2v) is 6.25. The molecule has 2 heterocycles. The number of hydrogen-bond donors (Lipinski definition) is 0. The molecule has 0 saturated heterocycles. The minimum atomic E-state index is -0.726. The van der Waals surface area contributed by atoms with Crippen LogP contribution >= 0.6 is 0 Å². The summed E-state index contributed by atoms with van der Waals surface area (Å²) in [4.78, 5) is 28.0. The first-order chi connectivity index (χ1) is 13.5. The summed E-state index contributed by atoms with van der Waals surface area (Å²) in [7, 11) is 0. The summed E-state index contributed by atoms with van der Waals surface area (Å²) in [5, 5.41) is 7.96. The highest BCUT2D eigenvalue weighted by molar-refractivity contribution is 6.11. The average Bonchev–Trinajstić information content (AvgIpc) is 3.09. The van der Waals surface area contributed by atoms with E-state index >= 15 is 0 Å². The molecule has 4 rings (SSSR count). The second kappa shape index (κ2) is 7.15. The van der Waals surface area contributed by atoms with Crippen LogP contribution in [0.2, 0.25) is 0 Å². The van der Waals surface area contributed by atoms with E-state index < -0.39 is 17.6 Å². The largest absolute Gasteiger partial charge is 0.341 e. The van der Waals surface area contributed by atoms with E-state index in [4.69, 9.17) is 0 Å². The third-order valence-corrected chi connectivity index (χ3v) is 4.19. The molecule has 0 unspecified atom stereocenters. The number of benzene rings is 2. The molecule has 3 aromatic rings. The first-order valence-electron chi connectivity index (χ1n) is 8.38. The van der Waals surface area contributed by atoms with Crippen LogP contribution in [-0.4, -0.2) is 21.5 Å². The zero-order valence-electron chi connectivity index (χ0n) is 14.4. The highest BCUT2D eigenvalue weighted by Crippen LogP contribution is 2.19. The standard InChI is InChI=1S/C20H13F2N3O3/c21-15-7-14(8-16(22)9-15)17-4-5-19(26)25(23-17)11-12-2-1-3-13(6-12)18-10-20(27)28-24-18/h1-9H,10-11H2. The molecule has 8 heteroatoms. The van der Waals surface area contributed by atoms with E-state index in [0.717, 1.165) is 23.8 Å². The normalized spacial score (nSPS) is 13.4. The van der Waals surface area contributed by atoms with Gasteiger partial charge in [0.05, 0.1) is 24.4 Å². The smallest absolute Gasteiger partial charge is 0.318 e. The number of nitrogens with zero attached hydrogens (tertiary/aromatic N) is 3. The van der Waals surface area contributed by atoms with Gasteiger partial charge in [0, 0.05) is 23.3 Å². The van der Waals surface area contributed by atoms with Gasteiger partial charge in [0.15, 0.2) is 0 Å². The van der Waals surface area contributed by atoms with Crippen LogP contribution in [0.3, 0.4) is 0 Å². The quantitative estimate of drug-likeness (QED) is 0.652. The fraction of sp³-hybridized carbons (Fsp3) is 0.100. The van der Waals surface area contributed by atoms with Gasteiger partial charge in [-0.25, -0.2) is 18.3 Å². The van der Waals surface area contributed by atoms with Crippen LogP contribution in [-0.2, 0) is 16.2 Å². The Labute approximate surface area is 157 Å². The first kappa shape index (κ1) is 17.7. The number of carbonyl (C=O) groups is 1. The van der Waals surface area contributed by atoms with Gasteiger partial charge in [-0.3, -0.25) is 4.79 Å². The van der Waals surface area contributed by atoms with Crippen molar-refractivity contribution in [3.63, 3.8) is 0 Å². The predicted molar refractivity (Wildman–Crippen MR) is 96.6 cm³/mol. The van der Waals surface area contributed by atoms with Crippen LogP contribution in [0.4, 0.5) is 8.78 Å². The molecule has 0 spiro atoms. The topological polar surface area (TPSA) is 73.5 Å². The maximum absolute atomic E-state index is 13.5. The second-order valence-electron chi connectivity index (χ2n) is 6.25. The summed E-state index contributed by atoms with van der Waals surface area (Å²) in [5.74, 6) is -1.87. The molecule has 1 aliphatic rings. The van der Waals surface area contributed by atoms with Crippen molar-refractivity contribution in [3.05, 3.63) is 87.7 Å². The van der Waals surface area contributed by atoms with Crippen molar-refractivity contribution in [2.75, 3.05) is 0 Å². The minimum Gasteiger partial charge on any atom is -0.318 e. The van der Waals surface area contributed by atoms with Gasteiger partial charge in [0.2, 0.25) is 0 Å². The summed E-state index contributed by atoms with van der Waals surface area (Å²) in [6, 6.07) is 12.9. The van der Waals surface area contributed by atoms with Crippen molar-refractivity contribution in [3.8, 4) is 11.3 Å². The SMILES string of the molecule is O=C1CC(c2cccc(Cn3nc(-c4cc(F)cc(F)c4)ccc3=O)c2)=NO1. The fourth-order valence-electron chi connectivity index (χ4n) is 2.90. The number of aromatic nitrogens is 2. The third kappa shape index (κ3) is 3.71. The first-order valence-corrected chi connectivity index (χ1v) is 8.38. The molecule has 0 fully saturated rings. The molecule has 0 amide bonds. The van der Waals surface area contributed by atoms with E-state index in [1.807, 2.05) is 0 Å². The predicted octanol–water partition coefficient (Wildman–Crippen LogP) is 2.89. The van der Waals surface area contributed by atoms with E-state index in [1.54, 1.807) is 24.3 Å². The monoisotopic (exact) mass is 381 g/mol. The van der Waals surface area contributed by atoms with E-state index in [2.05, 4.69) is 15.1 Å². The van der Waals surface area contributed by atoms with Crippen molar-refractivity contribution < 1.29 is 18.4 Å². The molecule has 0 aliphatic carbocycles. The van der Waals surface area contributed by atoms with Gasteiger partial charge < -0.3 is 4.84 Å². The molecule has 0 radical (unpaired) electrons. The van der Waals surface area contributed by atoms with Crippen LogP contribution in [0.15, 0.2) is 64.5 Å². The lowest BCUT2D eigenvalue weighted by Crippen LogP contribution is -2.23. The molecular formula is C20H13F2N3O3. The van der Waals surface area contributed by atoms with Gasteiger partial charge in [-0.05, 0) is 29.8 Å². The molecular weight excluding hydrogens is 368 g/mol. The number of oxime groups is 1. The van der Waals surface area contributed by atoms with Crippen LogP contribution in [0.5, 0.6) is 0 Å². The molecule has 1 aliphatic heterocycles. The lowest BCUT2D eigenvalue weighted by molar-refractivity contribution is -0.140. The zero-order valence-corrected chi connectivity index (χ0v) is 14.4. The van der Waals surface area contributed by atoms with Crippen molar-refractivity contribution >= 4 is 11.7 Å². The van der Waals surface area contributed by atoms with Crippen LogP contribution in [0, 0.1) is 11.6 Å². The van der Waals surface area contributed by atoms with Crippen molar-refractivity contribution in [1.29, 1.82) is 0 Å². The summed E-state index contributed by atoms with van der Waals surface area (Å²) in [6.45, 7) is 0.139. The van der Waals surface area contributed by atoms with Crippen molar-refractivity contribution in [2.45, 2.75) is 13.0 Å². The maximum atomic E-state index is 13.5.